The fourth-order valence-electron chi connectivity index (χ4n) is 1.40. The number of nitrogens with zero attached hydrogens (tertiary/aromatic N) is 3. The number of nitrogens with one attached hydrogen (secondary N) is 1. The van der Waals surface area contributed by atoms with E-state index in [0.717, 1.165) is 23.1 Å². The number of hydrogen-bond acceptors (Lipinski definition) is 3. The van der Waals surface area contributed by atoms with Crippen LogP contribution in [-0.2, 0) is 11.3 Å². The van der Waals surface area contributed by atoms with Crippen LogP contribution in [0.5, 0.6) is 0 Å². The van der Waals surface area contributed by atoms with Gasteiger partial charge in [0.05, 0.1) is 16.4 Å². The average Bonchev–Trinajstić information content (AvgIpc) is 2.56. The molecule has 0 radical (unpaired) electrons. The summed E-state index contributed by atoms with van der Waals surface area (Å²) in [6.07, 6.45) is 2.66. The highest BCUT2D eigenvalue weighted by atomic mass is 79.9. The molecule has 1 aromatic heterocycles. The van der Waals surface area contributed by atoms with Crippen LogP contribution in [0, 0.1) is 6.92 Å². The number of hydrogen-bond donors (Lipinski definition) is 1. The summed E-state index contributed by atoms with van der Waals surface area (Å²) < 4.78 is 2.61. The molecule has 0 aromatic carbocycles. The molecule has 0 saturated heterocycles. The van der Waals surface area contributed by atoms with E-state index in [1.54, 1.807) is 10.9 Å². The zero-order chi connectivity index (χ0) is 12.8. The Labute approximate surface area is 110 Å². The van der Waals surface area contributed by atoms with E-state index in [2.05, 4.69) is 31.2 Å². The Morgan fingerprint density at radius 1 is 1.59 bits per heavy atom. The van der Waals surface area contributed by atoms with Crippen molar-refractivity contribution in [1.82, 2.24) is 20.0 Å². The van der Waals surface area contributed by atoms with Crippen LogP contribution in [0.15, 0.2) is 10.7 Å². The molecule has 0 unspecified atom stereocenters. The molecule has 6 heteroatoms. The lowest BCUT2D eigenvalue weighted by Gasteiger charge is -2.10. The third-order valence-electron chi connectivity index (χ3n) is 2.44. The molecule has 1 aromatic rings. The van der Waals surface area contributed by atoms with Crippen molar-refractivity contribution in [3.05, 3.63) is 16.4 Å². The van der Waals surface area contributed by atoms with Crippen LogP contribution >= 0.6 is 15.9 Å². The molecule has 1 N–H and O–H groups in total. The Hall–Kier alpha value is -0.880. The van der Waals surface area contributed by atoms with Gasteiger partial charge in [-0.2, -0.15) is 5.10 Å². The molecule has 0 bridgehead atoms. The van der Waals surface area contributed by atoms with Gasteiger partial charge < -0.3 is 10.2 Å². The van der Waals surface area contributed by atoms with Crippen LogP contribution in [-0.4, -0.2) is 47.8 Å². The maximum absolute atomic E-state index is 11.6. The first-order valence-electron chi connectivity index (χ1n) is 5.60. The first-order chi connectivity index (χ1) is 8.00. The molecule has 0 saturated carbocycles. The van der Waals surface area contributed by atoms with Gasteiger partial charge in [0.1, 0.15) is 6.54 Å². The molecule has 0 aliphatic heterocycles. The first kappa shape index (κ1) is 14.2. The number of rotatable bonds is 6. The Morgan fingerprint density at radius 2 is 2.29 bits per heavy atom. The van der Waals surface area contributed by atoms with E-state index in [1.807, 2.05) is 21.0 Å². The second-order valence-corrected chi connectivity index (χ2v) is 5.10. The van der Waals surface area contributed by atoms with Crippen molar-refractivity contribution in [2.45, 2.75) is 19.9 Å². The summed E-state index contributed by atoms with van der Waals surface area (Å²) >= 11 is 3.37. The predicted molar refractivity (Wildman–Crippen MR) is 70.8 cm³/mol. The summed E-state index contributed by atoms with van der Waals surface area (Å²) in [6.45, 7) is 3.89. The van der Waals surface area contributed by atoms with Gasteiger partial charge in [0.15, 0.2) is 0 Å². The summed E-state index contributed by atoms with van der Waals surface area (Å²) in [5.74, 6) is 0.00227. The maximum atomic E-state index is 11.6. The van der Waals surface area contributed by atoms with E-state index in [1.165, 1.54) is 0 Å². The highest BCUT2D eigenvalue weighted by Crippen LogP contribution is 2.13. The van der Waals surface area contributed by atoms with Gasteiger partial charge >= 0.3 is 0 Å². The van der Waals surface area contributed by atoms with Gasteiger partial charge in [0, 0.05) is 6.54 Å². The zero-order valence-electron chi connectivity index (χ0n) is 10.5. The third kappa shape index (κ3) is 4.87. The largest absolute Gasteiger partial charge is 0.354 e. The monoisotopic (exact) mass is 302 g/mol. The molecule has 1 heterocycles. The minimum Gasteiger partial charge on any atom is -0.354 e. The summed E-state index contributed by atoms with van der Waals surface area (Å²) in [7, 11) is 4.04. The van der Waals surface area contributed by atoms with Gasteiger partial charge in [-0.1, -0.05) is 0 Å². The van der Waals surface area contributed by atoms with Crippen molar-refractivity contribution in [2.75, 3.05) is 27.2 Å². The van der Waals surface area contributed by atoms with E-state index in [0.29, 0.717) is 6.54 Å². The Balaban J connectivity index is 2.28. The van der Waals surface area contributed by atoms with Crippen molar-refractivity contribution in [3.63, 3.8) is 0 Å². The van der Waals surface area contributed by atoms with Gasteiger partial charge in [0.25, 0.3) is 0 Å². The van der Waals surface area contributed by atoms with Crippen molar-refractivity contribution in [3.8, 4) is 0 Å². The van der Waals surface area contributed by atoms with Gasteiger partial charge in [-0.15, -0.1) is 0 Å². The molecule has 5 nitrogen and oxygen atoms in total. The number of carbonyl (C=O) groups is 1. The molecule has 0 aliphatic carbocycles. The van der Waals surface area contributed by atoms with Gasteiger partial charge in [-0.25, -0.2) is 0 Å². The Morgan fingerprint density at radius 3 is 2.82 bits per heavy atom. The molecular formula is C11H19BrN4O. The lowest BCUT2D eigenvalue weighted by atomic mass is 10.4. The predicted octanol–water partition coefficient (Wildman–Crippen LogP) is 1.02. The number of amides is 1. The minimum atomic E-state index is 0.00227. The summed E-state index contributed by atoms with van der Waals surface area (Å²) in [5.41, 5.74) is 0.966. The van der Waals surface area contributed by atoms with E-state index < -0.39 is 0 Å². The topological polar surface area (TPSA) is 50.2 Å². The normalized spacial score (nSPS) is 10.9. The number of aromatic nitrogens is 2. The van der Waals surface area contributed by atoms with Crippen molar-refractivity contribution in [1.29, 1.82) is 0 Å². The van der Waals surface area contributed by atoms with Crippen LogP contribution < -0.4 is 5.32 Å². The third-order valence-corrected chi connectivity index (χ3v) is 3.22. The molecule has 96 valence electrons. The summed E-state index contributed by atoms with van der Waals surface area (Å²) in [5, 5.41) is 6.99. The maximum Gasteiger partial charge on any atom is 0.241 e. The highest BCUT2D eigenvalue weighted by molar-refractivity contribution is 9.10. The van der Waals surface area contributed by atoms with Crippen LogP contribution in [0.1, 0.15) is 12.1 Å². The highest BCUT2D eigenvalue weighted by Gasteiger charge is 2.07. The molecule has 17 heavy (non-hydrogen) atoms. The fraction of sp³-hybridized carbons (Fsp3) is 0.636. The van der Waals surface area contributed by atoms with E-state index in [4.69, 9.17) is 0 Å². The first-order valence-corrected chi connectivity index (χ1v) is 6.39. The SMILES string of the molecule is Cc1c(Br)cnn1CC(=O)NCCCN(C)C. The smallest absolute Gasteiger partial charge is 0.241 e. The number of carbonyl (C=O) groups excluding carboxylic acids is 1. The molecule has 1 rings (SSSR count). The molecular weight excluding hydrogens is 284 g/mol. The fourth-order valence-corrected chi connectivity index (χ4v) is 1.69. The van der Waals surface area contributed by atoms with Crippen molar-refractivity contribution < 1.29 is 4.79 Å². The van der Waals surface area contributed by atoms with Crippen LogP contribution in [0.3, 0.4) is 0 Å². The molecule has 1 amide bonds. The quantitative estimate of drug-likeness (QED) is 0.798. The molecule has 0 aliphatic rings. The van der Waals surface area contributed by atoms with Gasteiger partial charge in [-0.05, 0) is 49.9 Å². The van der Waals surface area contributed by atoms with Crippen molar-refractivity contribution in [2.24, 2.45) is 0 Å². The van der Waals surface area contributed by atoms with E-state index in [9.17, 15) is 4.79 Å². The second kappa shape index (κ2) is 6.76. The van der Waals surface area contributed by atoms with Crippen LogP contribution in [0.25, 0.3) is 0 Å². The van der Waals surface area contributed by atoms with Crippen molar-refractivity contribution >= 4 is 21.8 Å². The summed E-state index contributed by atoms with van der Waals surface area (Å²) in [4.78, 5) is 13.7. The second-order valence-electron chi connectivity index (χ2n) is 4.24. The Kier molecular flexibility index (Phi) is 5.64. The number of halogens is 1. The zero-order valence-corrected chi connectivity index (χ0v) is 12.1. The standard InChI is InChI=1S/C11H19BrN4O/c1-9-10(12)7-14-16(9)8-11(17)13-5-4-6-15(2)3/h7H,4-6,8H2,1-3H3,(H,13,17). The summed E-state index contributed by atoms with van der Waals surface area (Å²) in [6, 6.07) is 0. The lowest BCUT2D eigenvalue weighted by molar-refractivity contribution is -0.121. The molecule has 0 spiro atoms. The van der Waals surface area contributed by atoms with E-state index >= 15 is 0 Å². The van der Waals surface area contributed by atoms with Crippen LogP contribution in [0.2, 0.25) is 0 Å². The average molecular weight is 303 g/mol. The van der Waals surface area contributed by atoms with Gasteiger partial charge in [0.2, 0.25) is 5.91 Å². The molecule has 0 atom stereocenters. The minimum absolute atomic E-state index is 0.00227. The van der Waals surface area contributed by atoms with Gasteiger partial charge in [-0.3, -0.25) is 9.48 Å². The van der Waals surface area contributed by atoms with E-state index in [-0.39, 0.29) is 12.5 Å². The lowest BCUT2D eigenvalue weighted by Crippen LogP contribution is -2.30. The Bertz CT molecular complexity index is 376. The molecule has 0 fully saturated rings. The van der Waals surface area contributed by atoms with Crippen LogP contribution in [0.4, 0.5) is 0 Å².